The fourth-order valence-electron chi connectivity index (χ4n) is 5.73. The van der Waals surface area contributed by atoms with Crippen molar-refractivity contribution < 1.29 is 14.7 Å². The molecule has 2 aliphatic heterocycles. The van der Waals surface area contributed by atoms with Crippen LogP contribution in [0.15, 0.2) is 54.6 Å². The number of fused-ring (bicyclic) bond motifs is 1. The molecule has 5 nitrogen and oxygen atoms in total. The van der Waals surface area contributed by atoms with Crippen molar-refractivity contribution in [1.29, 1.82) is 0 Å². The Balaban J connectivity index is 1.29. The van der Waals surface area contributed by atoms with Crippen molar-refractivity contribution in [2.24, 2.45) is 5.92 Å². The Morgan fingerprint density at radius 2 is 1.76 bits per heavy atom. The quantitative estimate of drug-likeness (QED) is 0.741. The summed E-state index contributed by atoms with van der Waals surface area (Å²) in [4.78, 5) is 29.3. The van der Waals surface area contributed by atoms with Gasteiger partial charge in [-0.25, -0.2) is 0 Å². The number of rotatable bonds is 4. The number of amides is 2. The molecule has 0 unspecified atom stereocenters. The highest BCUT2D eigenvalue weighted by Crippen LogP contribution is 2.43. The van der Waals surface area contributed by atoms with Crippen molar-refractivity contribution >= 4 is 11.8 Å². The fourth-order valence-corrected chi connectivity index (χ4v) is 5.73. The highest BCUT2D eigenvalue weighted by molar-refractivity contribution is 5.88. The number of piperazine rings is 1. The monoisotopic (exact) mass is 442 g/mol. The van der Waals surface area contributed by atoms with E-state index in [1.54, 1.807) is 9.80 Å². The summed E-state index contributed by atoms with van der Waals surface area (Å²) in [5.41, 5.74) is 3.23. The van der Waals surface area contributed by atoms with Gasteiger partial charge in [0.25, 0.3) is 0 Å². The normalized spacial score (nSPS) is 24.6. The summed E-state index contributed by atoms with van der Waals surface area (Å²) < 4.78 is 0. The van der Waals surface area contributed by atoms with E-state index in [-0.39, 0.29) is 48.9 Å². The van der Waals surface area contributed by atoms with E-state index >= 15 is 0 Å². The maximum absolute atomic E-state index is 13.0. The van der Waals surface area contributed by atoms with Crippen molar-refractivity contribution in [2.75, 3.05) is 19.7 Å². The predicted octanol–water partition coefficient (Wildman–Crippen LogP) is 2.97. The molecular formula is C28H30N2O3. The van der Waals surface area contributed by atoms with Crippen LogP contribution in [0, 0.1) is 17.8 Å². The summed E-state index contributed by atoms with van der Waals surface area (Å²) in [6.45, 7) is 0.633. The second-order valence-corrected chi connectivity index (χ2v) is 9.43. The first-order valence-electron chi connectivity index (χ1n) is 12.0. The lowest BCUT2D eigenvalue weighted by atomic mass is 9.73. The second kappa shape index (κ2) is 9.41. The van der Waals surface area contributed by atoms with Gasteiger partial charge in [-0.1, -0.05) is 67.1 Å². The summed E-state index contributed by atoms with van der Waals surface area (Å²) in [5.74, 6) is 6.64. The largest absolute Gasteiger partial charge is 0.394 e. The molecule has 2 amide bonds. The molecule has 0 radical (unpaired) electrons. The summed E-state index contributed by atoms with van der Waals surface area (Å²) in [6.07, 6.45) is 4.79. The Bertz CT molecular complexity index is 1060. The van der Waals surface area contributed by atoms with Crippen LogP contribution in [0.3, 0.4) is 0 Å². The van der Waals surface area contributed by atoms with Crippen LogP contribution in [0.4, 0.5) is 0 Å². The van der Waals surface area contributed by atoms with Gasteiger partial charge in [0.05, 0.1) is 25.2 Å². The smallest absolute Gasteiger partial charge is 0.242 e. The number of carbonyl (C=O) groups excluding carboxylic acids is 2. The van der Waals surface area contributed by atoms with Crippen LogP contribution in [0.1, 0.15) is 48.3 Å². The number of hydrogen-bond acceptors (Lipinski definition) is 3. The summed E-state index contributed by atoms with van der Waals surface area (Å²) in [6, 6.07) is 18.0. The first kappa shape index (κ1) is 21.7. The lowest BCUT2D eigenvalue weighted by Gasteiger charge is -2.59. The van der Waals surface area contributed by atoms with Gasteiger partial charge >= 0.3 is 0 Å². The third-order valence-corrected chi connectivity index (χ3v) is 7.43. The Labute approximate surface area is 195 Å². The number of benzene rings is 2. The first-order valence-corrected chi connectivity index (χ1v) is 12.0. The lowest BCUT2D eigenvalue weighted by molar-refractivity contribution is -0.168. The molecule has 2 saturated heterocycles. The third-order valence-electron chi connectivity index (χ3n) is 7.43. The molecule has 3 atom stereocenters. The molecule has 170 valence electrons. The molecule has 33 heavy (non-hydrogen) atoms. The Kier molecular flexibility index (Phi) is 6.20. The van der Waals surface area contributed by atoms with Gasteiger partial charge in [0.15, 0.2) is 0 Å². The van der Waals surface area contributed by atoms with Gasteiger partial charge in [-0.15, -0.1) is 0 Å². The second-order valence-electron chi connectivity index (χ2n) is 9.43. The molecule has 2 aromatic carbocycles. The van der Waals surface area contributed by atoms with Gasteiger partial charge in [-0.2, -0.15) is 0 Å². The highest BCUT2D eigenvalue weighted by atomic mass is 16.3. The SMILES string of the molecule is O=C(C1CCCC1)N1CC(=O)N2[C@@H](CO)[C@H](c3ccc(C#CCc4ccccc4)cc3)[C@@H]2C1. The standard InChI is InChI=1S/C28H30N2O3/c31-19-25-27(22-15-13-21(14-16-22)10-6-9-20-7-2-1-3-8-20)24-17-29(18-26(32)30(24)25)28(33)23-11-4-5-12-23/h1-3,7-8,13-16,23-25,27,31H,4-5,9,11-12,17-19H2/t24-,25-,27+/m0/s1. The first-order chi connectivity index (χ1) is 16.2. The van der Waals surface area contributed by atoms with E-state index in [0.29, 0.717) is 13.0 Å². The molecule has 1 saturated carbocycles. The highest BCUT2D eigenvalue weighted by Gasteiger charge is 2.54. The predicted molar refractivity (Wildman–Crippen MR) is 126 cm³/mol. The Hall–Kier alpha value is -3.10. The minimum Gasteiger partial charge on any atom is -0.394 e. The van der Waals surface area contributed by atoms with Crippen molar-refractivity contribution in [2.45, 2.75) is 50.1 Å². The summed E-state index contributed by atoms with van der Waals surface area (Å²) >= 11 is 0. The molecule has 3 aliphatic rings. The number of aliphatic hydroxyl groups excluding tert-OH is 1. The van der Waals surface area contributed by atoms with Gasteiger partial charge in [0, 0.05) is 30.4 Å². The van der Waals surface area contributed by atoms with Gasteiger partial charge in [-0.3, -0.25) is 9.59 Å². The molecule has 1 aliphatic carbocycles. The molecule has 3 fully saturated rings. The van der Waals surface area contributed by atoms with E-state index in [1.165, 1.54) is 5.56 Å². The minimum atomic E-state index is -0.221. The molecule has 5 heteroatoms. The summed E-state index contributed by atoms with van der Waals surface area (Å²) in [5, 5.41) is 10.0. The number of aliphatic hydroxyl groups is 1. The van der Waals surface area contributed by atoms with Crippen LogP contribution >= 0.6 is 0 Å². The van der Waals surface area contributed by atoms with Crippen molar-refractivity contribution in [3.8, 4) is 11.8 Å². The van der Waals surface area contributed by atoms with Gasteiger partial charge in [0.1, 0.15) is 0 Å². The van der Waals surface area contributed by atoms with E-state index in [2.05, 4.69) is 36.1 Å². The van der Waals surface area contributed by atoms with E-state index in [1.807, 2.05) is 30.3 Å². The van der Waals surface area contributed by atoms with Crippen molar-refractivity contribution in [3.63, 3.8) is 0 Å². The summed E-state index contributed by atoms with van der Waals surface area (Å²) in [7, 11) is 0. The zero-order valence-electron chi connectivity index (χ0n) is 18.8. The lowest BCUT2D eigenvalue weighted by Crippen LogP contribution is -2.73. The van der Waals surface area contributed by atoms with Crippen LogP contribution in [0.2, 0.25) is 0 Å². The average Bonchev–Trinajstić information content (AvgIpc) is 3.37. The van der Waals surface area contributed by atoms with Crippen LogP contribution in [-0.2, 0) is 16.0 Å². The van der Waals surface area contributed by atoms with E-state index < -0.39 is 0 Å². The zero-order chi connectivity index (χ0) is 22.8. The van der Waals surface area contributed by atoms with E-state index in [4.69, 9.17) is 0 Å². The molecule has 0 bridgehead atoms. The van der Waals surface area contributed by atoms with Gasteiger partial charge in [0.2, 0.25) is 11.8 Å². The molecule has 5 rings (SSSR count). The van der Waals surface area contributed by atoms with E-state index in [9.17, 15) is 14.7 Å². The number of hydrogen-bond donors (Lipinski definition) is 1. The van der Waals surface area contributed by atoms with Crippen molar-refractivity contribution in [1.82, 2.24) is 9.80 Å². The fraction of sp³-hybridized carbons (Fsp3) is 0.429. The van der Waals surface area contributed by atoms with Crippen LogP contribution in [-0.4, -0.2) is 58.5 Å². The van der Waals surface area contributed by atoms with Crippen LogP contribution in [0.25, 0.3) is 0 Å². The molecule has 1 N–H and O–H groups in total. The molecule has 2 heterocycles. The molecule has 0 spiro atoms. The Morgan fingerprint density at radius 3 is 2.45 bits per heavy atom. The molecule has 0 aromatic heterocycles. The van der Waals surface area contributed by atoms with Crippen LogP contribution in [0.5, 0.6) is 0 Å². The maximum Gasteiger partial charge on any atom is 0.242 e. The zero-order valence-corrected chi connectivity index (χ0v) is 18.8. The van der Waals surface area contributed by atoms with Gasteiger partial charge in [-0.05, 0) is 36.1 Å². The van der Waals surface area contributed by atoms with Gasteiger partial charge < -0.3 is 14.9 Å². The Morgan fingerprint density at radius 1 is 1.03 bits per heavy atom. The average molecular weight is 443 g/mol. The van der Waals surface area contributed by atoms with Crippen LogP contribution < -0.4 is 0 Å². The van der Waals surface area contributed by atoms with E-state index in [0.717, 1.165) is 36.8 Å². The topological polar surface area (TPSA) is 60.9 Å². The number of nitrogens with zero attached hydrogens (tertiary/aromatic N) is 2. The van der Waals surface area contributed by atoms with Crippen molar-refractivity contribution in [3.05, 3.63) is 71.3 Å². The maximum atomic E-state index is 13.0. The minimum absolute atomic E-state index is 0.0319. The number of carbonyl (C=O) groups is 2. The third kappa shape index (κ3) is 4.28. The molecule has 2 aromatic rings. The molecular weight excluding hydrogens is 412 g/mol.